The van der Waals surface area contributed by atoms with Crippen molar-refractivity contribution < 1.29 is 24.5 Å². The van der Waals surface area contributed by atoms with Crippen molar-refractivity contribution in [2.45, 2.75) is 73.5 Å². The molecule has 1 aliphatic carbocycles. The van der Waals surface area contributed by atoms with Gasteiger partial charge in [0.1, 0.15) is 0 Å². The average Bonchev–Trinajstić information content (AvgIpc) is 3.80. The van der Waals surface area contributed by atoms with Crippen molar-refractivity contribution in [3.8, 4) is 28.2 Å². The van der Waals surface area contributed by atoms with Gasteiger partial charge in [-0.25, -0.2) is 0 Å². The van der Waals surface area contributed by atoms with E-state index in [0.29, 0.717) is 5.92 Å². The maximum absolute atomic E-state index is 6.08. The number of aromatic nitrogens is 3. The molecule has 5 aromatic carbocycles. The van der Waals surface area contributed by atoms with Gasteiger partial charge in [-0.2, -0.15) is 18.2 Å². The summed E-state index contributed by atoms with van der Waals surface area (Å²) >= 11 is 0. The van der Waals surface area contributed by atoms with Gasteiger partial charge in [-0.3, -0.25) is 4.98 Å². The number of hydrogen-bond acceptors (Lipinski definition) is 3. The van der Waals surface area contributed by atoms with Gasteiger partial charge in [0.15, 0.2) is 0 Å². The van der Waals surface area contributed by atoms with Crippen molar-refractivity contribution in [3.63, 3.8) is 0 Å². The number of hydrogen-bond donors (Lipinski definition) is 0. The van der Waals surface area contributed by atoms with E-state index >= 15 is 0 Å². The molecule has 3 aromatic heterocycles. The van der Waals surface area contributed by atoms with Crippen molar-refractivity contribution >= 4 is 51.6 Å². The van der Waals surface area contributed by atoms with E-state index in [4.69, 9.17) is 14.4 Å². The molecule has 3 heterocycles. The number of furan rings is 1. The molecular weight excluding hydrogens is 903 g/mol. The first-order valence-electron chi connectivity index (χ1n) is 20.2. The van der Waals surface area contributed by atoms with Crippen LogP contribution in [0.2, 0.25) is 19.6 Å². The molecule has 0 amide bonds. The Labute approximate surface area is 358 Å². The zero-order valence-electron chi connectivity index (χ0n) is 34.8. The van der Waals surface area contributed by atoms with Gasteiger partial charge in [-0.15, -0.1) is 5.57 Å². The summed E-state index contributed by atoms with van der Waals surface area (Å²) in [6.07, 6.45) is 16.3. The van der Waals surface area contributed by atoms with Crippen LogP contribution in [0.5, 0.6) is 0 Å². The number of aryl methyl sites for hydroxylation is 3. The van der Waals surface area contributed by atoms with E-state index in [0.717, 1.165) is 69.6 Å². The second-order valence-corrected chi connectivity index (χ2v) is 21.9. The van der Waals surface area contributed by atoms with Crippen molar-refractivity contribution in [3.05, 3.63) is 162 Å². The van der Waals surface area contributed by atoms with Gasteiger partial charge in [0.2, 0.25) is 0 Å². The third-order valence-electron chi connectivity index (χ3n) is 11.1. The summed E-state index contributed by atoms with van der Waals surface area (Å²) in [5.41, 5.74) is 14.8. The number of nitrogens with zero attached hydrogens (tertiary/aromatic N) is 3. The fourth-order valence-electron chi connectivity index (χ4n) is 8.43. The molecule has 4 nitrogen and oxygen atoms in total. The van der Waals surface area contributed by atoms with Gasteiger partial charge in [0, 0.05) is 43.8 Å². The van der Waals surface area contributed by atoms with Crippen LogP contribution in [0.15, 0.2) is 126 Å². The fraction of sp³-hybridized carbons (Fsp3) is 0.231. The quantitative estimate of drug-likeness (QED) is 0.118. The summed E-state index contributed by atoms with van der Waals surface area (Å²) in [5.74, 6) is 1.52. The van der Waals surface area contributed by atoms with Crippen LogP contribution in [0.3, 0.4) is 0 Å². The summed E-state index contributed by atoms with van der Waals surface area (Å²) in [6, 6.07) is 36.4. The topological polar surface area (TPSA) is 43.9 Å². The minimum absolute atomic E-state index is 0. The van der Waals surface area contributed by atoms with Crippen molar-refractivity contribution in [1.29, 1.82) is 0 Å². The minimum atomic E-state index is -1.32. The Morgan fingerprint density at radius 2 is 1.53 bits per heavy atom. The number of benzene rings is 5. The van der Waals surface area contributed by atoms with E-state index in [1.165, 1.54) is 49.3 Å². The Balaban J connectivity index is 0.000000208. The Kier molecular flexibility index (Phi) is 12.0. The monoisotopic (exact) mass is 954 g/mol. The molecule has 0 unspecified atom stereocenters. The summed E-state index contributed by atoms with van der Waals surface area (Å²) in [4.78, 5) is 9.84. The summed E-state index contributed by atoms with van der Waals surface area (Å²) in [5, 5.41) is 4.93. The minimum Gasteiger partial charge on any atom is -0.557 e. The third kappa shape index (κ3) is 8.11. The maximum Gasteiger partial charge on any atom is 0.0798 e. The van der Waals surface area contributed by atoms with E-state index in [1.54, 1.807) is 0 Å². The molecule has 0 atom stereocenters. The summed E-state index contributed by atoms with van der Waals surface area (Å²) < 4.78 is 8.32. The molecule has 8 aromatic rings. The third-order valence-corrected chi connectivity index (χ3v) is 13.1. The molecular formula is C52H51IrN3OSi-2. The molecule has 0 saturated heterocycles. The standard InChI is InChI=1S/C34H25N2O.C18H26NSi.Ir/c1-21-17-26(18-22(2)32(21)24-11-5-4-6-12-24)36-31-16-10-9-15-30(31)35-34(36)29-20-37-33-23(3)27-14-8-7-13-25(27)19-28(29)33;1-14(2)11-16-12-17(15-9-7-6-8-10-15)19-13-18(16)20(3,4)5;/h4-19H,1-3H3;6-7,12-14H,8,10-11H2,1-5H3;/q2*-1;. The van der Waals surface area contributed by atoms with Crippen LogP contribution >= 0.6 is 0 Å². The second kappa shape index (κ2) is 17.0. The zero-order valence-corrected chi connectivity index (χ0v) is 38.2. The Bertz CT molecular complexity index is 2800. The van der Waals surface area contributed by atoms with Gasteiger partial charge in [-0.1, -0.05) is 147 Å². The van der Waals surface area contributed by atoms with Crippen LogP contribution in [0, 0.1) is 39.0 Å². The van der Waals surface area contributed by atoms with E-state index in [1.807, 2.05) is 12.1 Å². The van der Waals surface area contributed by atoms with Gasteiger partial charge in [0.25, 0.3) is 0 Å². The molecule has 0 fully saturated rings. The van der Waals surface area contributed by atoms with Crippen LogP contribution in [0.1, 0.15) is 54.6 Å². The first-order valence-corrected chi connectivity index (χ1v) is 23.7. The second-order valence-electron chi connectivity index (χ2n) is 16.9. The first kappa shape index (κ1) is 41.0. The maximum atomic E-state index is 6.08. The first-order chi connectivity index (χ1) is 27.5. The van der Waals surface area contributed by atoms with Crippen LogP contribution in [-0.2, 0) is 26.5 Å². The molecule has 295 valence electrons. The average molecular weight is 954 g/mol. The van der Waals surface area contributed by atoms with Gasteiger partial charge in [0.05, 0.1) is 24.9 Å². The Morgan fingerprint density at radius 3 is 2.24 bits per heavy atom. The number of para-hydroxylation sites is 2. The van der Waals surface area contributed by atoms with Gasteiger partial charge >= 0.3 is 0 Å². The zero-order chi connectivity index (χ0) is 39.8. The van der Waals surface area contributed by atoms with Gasteiger partial charge < -0.3 is 14.0 Å². The molecule has 58 heavy (non-hydrogen) atoms. The fourth-order valence-corrected chi connectivity index (χ4v) is 10.0. The van der Waals surface area contributed by atoms with Crippen molar-refractivity contribution in [2.75, 3.05) is 0 Å². The smallest absolute Gasteiger partial charge is 0.0798 e. The normalized spacial score (nSPS) is 12.8. The molecule has 9 rings (SSSR count). The Hall–Kier alpha value is -5.13. The van der Waals surface area contributed by atoms with E-state index in [2.05, 4.69) is 181 Å². The number of pyridine rings is 1. The SMILES string of the molecule is CC(C)Cc1cc(C2=[C-]C=CCC2)ncc1[Si](C)(C)C.Cc1cc(-n2c(-c3[c-]oc4c(C)c5ccccc5cc34)nc3ccccc32)cc(C)c1-c1ccccc1.[Ir]. The molecule has 0 N–H and O–H groups in total. The van der Waals surface area contributed by atoms with E-state index < -0.39 is 8.07 Å². The predicted molar refractivity (Wildman–Crippen MR) is 243 cm³/mol. The molecule has 0 bridgehead atoms. The van der Waals surface area contributed by atoms with E-state index in [-0.39, 0.29) is 20.1 Å². The number of rotatable bonds is 7. The molecule has 0 aliphatic heterocycles. The van der Waals surface area contributed by atoms with Crippen molar-refractivity contribution in [1.82, 2.24) is 14.5 Å². The van der Waals surface area contributed by atoms with Crippen LogP contribution in [0.25, 0.3) is 66.6 Å². The molecule has 0 saturated carbocycles. The van der Waals surface area contributed by atoms with Crippen LogP contribution in [-0.4, -0.2) is 22.6 Å². The van der Waals surface area contributed by atoms with Crippen LogP contribution in [0.4, 0.5) is 0 Å². The molecule has 0 spiro atoms. The van der Waals surface area contributed by atoms with Crippen molar-refractivity contribution in [2.24, 2.45) is 5.92 Å². The molecule has 6 heteroatoms. The summed E-state index contributed by atoms with van der Waals surface area (Å²) in [7, 11) is -1.32. The summed E-state index contributed by atoms with van der Waals surface area (Å²) in [6.45, 7) is 18.3. The number of fused-ring (bicyclic) bond motifs is 3. The van der Waals surface area contributed by atoms with Crippen LogP contribution < -0.4 is 5.19 Å². The predicted octanol–water partition coefficient (Wildman–Crippen LogP) is 13.3. The number of allylic oxidation sites excluding steroid dienone is 4. The molecule has 1 aliphatic rings. The van der Waals surface area contributed by atoms with E-state index in [9.17, 15) is 0 Å². The molecule has 1 radical (unpaired) electrons. The largest absolute Gasteiger partial charge is 0.557 e. The number of imidazole rings is 1. The Morgan fingerprint density at radius 1 is 0.828 bits per heavy atom. The van der Waals surface area contributed by atoms with Gasteiger partial charge in [-0.05, 0) is 101 Å².